The number of carbonyl (C=O) groups is 1. The van der Waals surface area contributed by atoms with Gasteiger partial charge in [-0.15, -0.1) is 0 Å². The van der Waals surface area contributed by atoms with Crippen LogP contribution in [0.2, 0.25) is 0 Å². The minimum absolute atomic E-state index is 0.382. The minimum Gasteiger partial charge on any atom is -0.388 e. The van der Waals surface area contributed by atoms with Crippen molar-refractivity contribution < 1.29 is 19.7 Å². The largest absolute Gasteiger partial charge is 0.388 e. The van der Waals surface area contributed by atoms with Crippen molar-refractivity contribution in [3.8, 4) is 0 Å². The summed E-state index contributed by atoms with van der Waals surface area (Å²) in [6.45, 7) is 4.16. The second kappa shape index (κ2) is 5.44. The fraction of sp³-hybridized carbons (Fsp3) is 0.900. The number of nitrogens with one attached hydrogen (secondary N) is 1. The molecule has 0 aliphatic carbocycles. The average Bonchev–Trinajstić information content (AvgIpc) is 2.20. The topological polar surface area (TPSA) is 78.8 Å². The minimum atomic E-state index is -1.27. The second-order valence-corrected chi connectivity index (χ2v) is 3.92. The monoisotopic (exact) mass is 217 g/mol. The van der Waals surface area contributed by atoms with Gasteiger partial charge in [-0.05, 0) is 13.3 Å². The zero-order valence-corrected chi connectivity index (χ0v) is 9.14. The Hall–Kier alpha value is -0.650. The van der Waals surface area contributed by atoms with Crippen molar-refractivity contribution in [2.45, 2.75) is 51.0 Å². The number of carbonyl (C=O) groups excluding carboxylic acids is 1. The van der Waals surface area contributed by atoms with Gasteiger partial charge in [0.2, 0.25) is 0 Å². The molecule has 5 nitrogen and oxygen atoms in total. The molecule has 0 bridgehead atoms. The Balaban J connectivity index is 2.53. The van der Waals surface area contributed by atoms with Crippen LogP contribution in [0.3, 0.4) is 0 Å². The first-order chi connectivity index (χ1) is 7.07. The van der Waals surface area contributed by atoms with Gasteiger partial charge in [-0.3, -0.25) is 4.79 Å². The van der Waals surface area contributed by atoms with Crippen molar-refractivity contribution in [3.63, 3.8) is 0 Å². The lowest BCUT2D eigenvalue weighted by Crippen LogP contribution is -2.62. The van der Waals surface area contributed by atoms with Gasteiger partial charge < -0.3 is 20.3 Å². The molecule has 1 saturated heterocycles. The molecule has 1 rings (SSSR count). The first-order valence-corrected chi connectivity index (χ1v) is 5.36. The predicted octanol–water partition coefficient (Wildman–Crippen LogP) is -0.588. The smallest absolute Gasteiger partial charge is 0.251 e. The highest BCUT2D eigenvalue weighted by Gasteiger charge is 2.41. The van der Waals surface area contributed by atoms with Crippen LogP contribution in [0.4, 0.5) is 0 Å². The second-order valence-electron chi connectivity index (χ2n) is 3.92. The summed E-state index contributed by atoms with van der Waals surface area (Å²) in [5, 5.41) is 21.7. The van der Waals surface area contributed by atoms with Gasteiger partial charge in [0.15, 0.2) is 6.10 Å². The van der Waals surface area contributed by atoms with Crippen LogP contribution in [-0.2, 0) is 9.53 Å². The van der Waals surface area contributed by atoms with Crippen LogP contribution in [-0.4, -0.2) is 47.1 Å². The first-order valence-electron chi connectivity index (χ1n) is 5.36. The third kappa shape index (κ3) is 2.90. The van der Waals surface area contributed by atoms with E-state index in [2.05, 4.69) is 5.32 Å². The van der Waals surface area contributed by atoms with E-state index >= 15 is 0 Å². The van der Waals surface area contributed by atoms with E-state index in [1.807, 2.05) is 6.92 Å². The van der Waals surface area contributed by atoms with E-state index < -0.39 is 24.2 Å². The third-order valence-electron chi connectivity index (χ3n) is 2.61. The average molecular weight is 217 g/mol. The van der Waals surface area contributed by atoms with Crippen LogP contribution in [0.15, 0.2) is 0 Å². The van der Waals surface area contributed by atoms with Gasteiger partial charge >= 0.3 is 0 Å². The molecule has 0 aromatic carbocycles. The molecule has 0 aromatic rings. The van der Waals surface area contributed by atoms with Crippen LogP contribution in [0.1, 0.15) is 26.7 Å². The van der Waals surface area contributed by atoms with E-state index in [-0.39, 0.29) is 6.04 Å². The van der Waals surface area contributed by atoms with Crippen LogP contribution < -0.4 is 5.32 Å². The number of ether oxygens (including phenoxy) is 1. The number of hydrogen-bond donors (Lipinski definition) is 3. The fourth-order valence-electron chi connectivity index (χ4n) is 1.57. The Morgan fingerprint density at radius 2 is 2.13 bits per heavy atom. The van der Waals surface area contributed by atoms with Crippen molar-refractivity contribution in [1.29, 1.82) is 0 Å². The summed E-state index contributed by atoms with van der Waals surface area (Å²) >= 11 is 0. The van der Waals surface area contributed by atoms with Gasteiger partial charge in [-0.25, -0.2) is 0 Å². The molecular formula is C10H19NO4. The number of piperidine rings is 1. The number of aliphatic hydroxyl groups excluding tert-OH is 2. The lowest BCUT2D eigenvalue weighted by molar-refractivity contribution is -0.162. The SMILES string of the molecule is CCCCO[C@@H]1[C@H](O)[C@H](C)NC(=O)[C@H]1O. The van der Waals surface area contributed by atoms with Gasteiger partial charge in [-0.1, -0.05) is 13.3 Å². The highest BCUT2D eigenvalue weighted by molar-refractivity contribution is 5.82. The zero-order chi connectivity index (χ0) is 11.4. The summed E-state index contributed by atoms with van der Waals surface area (Å²) in [5.74, 6) is -0.478. The van der Waals surface area contributed by atoms with E-state index in [4.69, 9.17) is 4.74 Å². The molecule has 4 atom stereocenters. The molecule has 1 heterocycles. The molecular weight excluding hydrogens is 198 g/mol. The molecule has 1 fully saturated rings. The van der Waals surface area contributed by atoms with Gasteiger partial charge in [0.1, 0.15) is 12.2 Å². The first kappa shape index (κ1) is 12.4. The molecule has 0 radical (unpaired) electrons. The number of hydrogen-bond acceptors (Lipinski definition) is 4. The molecule has 15 heavy (non-hydrogen) atoms. The molecule has 1 aliphatic heterocycles. The molecule has 0 unspecified atom stereocenters. The molecule has 88 valence electrons. The van der Waals surface area contributed by atoms with Gasteiger partial charge in [0.25, 0.3) is 5.91 Å². The molecule has 5 heteroatoms. The summed E-state index contributed by atoms with van der Waals surface area (Å²) in [4.78, 5) is 11.2. The van der Waals surface area contributed by atoms with E-state index in [0.717, 1.165) is 12.8 Å². The maximum absolute atomic E-state index is 11.2. The maximum Gasteiger partial charge on any atom is 0.251 e. The van der Waals surface area contributed by atoms with E-state index in [1.54, 1.807) is 6.92 Å². The Morgan fingerprint density at radius 1 is 1.47 bits per heavy atom. The Kier molecular flexibility index (Phi) is 4.50. The van der Waals surface area contributed by atoms with Crippen molar-refractivity contribution in [2.75, 3.05) is 6.61 Å². The summed E-state index contributed by atoms with van der Waals surface area (Å²) in [6.07, 6.45) is -1.10. The van der Waals surface area contributed by atoms with Crippen LogP contribution in [0.5, 0.6) is 0 Å². The Labute approximate surface area is 89.4 Å². The van der Waals surface area contributed by atoms with Gasteiger partial charge in [0.05, 0.1) is 6.04 Å². The number of aliphatic hydroxyl groups is 2. The summed E-state index contributed by atoms with van der Waals surface area (Å²) in [5.41, 5.74) is 0. The van der Waals surface area contributed by atoms with E-state index in [9.17, 15) is 15.0 Å². The van der Waals surface area contributed by atoms with Crippen molar-refractivity contribution in [3.05, 3.63) is 0 Å². The molecule has 0 aromatic heterocycles. The van der Waals surface area contributed by atoms with Crippen LogP contribution >= 0.6 is 0 Å². The number of unbranched alkanes of at least 4 members (excludes halogenated alkanes) is 1. The fourth-order valence-corrected chi connectivity index (χ4v) is 1.57. The number of amides is 1. The summed E-state index contributed by atoms with van der Waals surface area (Å²) in [7, 11) is 0. The van der Waals surface area contributed by atoms with Crippen molar-refractivity contribution >= 4 is 5.91 Å². The molecule has 0 spiro atoms. The van der Waals surface area contributed by atoms with Gasteiger partial charge in [-0.2, -0.15) is 0 Å². The highest BCUT2D eigenvalue weighted by atomic mass is 16.5. The maximum atomic E-state index is 11.2. The van der Waals surface area contributed by atoms with E-state index in [1.165, 1.54) is 0 Å². The zero-order valence-electron chi connectivity index (χ0n) is 9.14. The normalized spacial score (nSPS) is 36.4. The Morgan fingerprint density at radius 3 is 2.73 bits per heavy atom. The van der Waals surface area contributed by atoms with Crippen molar-refractivity contribution in [2.24, 2.45) is 0 Å². The van der Waals surface area contributed by atoms with E-state index in [0.29, 0.717) is 6.61 Å². The predicted molar refractivity (Wildman–Crippen MR) is 54.3 cm³/mol. The van der Waals surface area contributed by atoms with Crippen LogP contribution in [0, 0.1) is 0 Å². The highest BCUT2D eigenvalue weighted by Crippen LogP contribution is 2.15. The molecule has 1 aliphatic rings. The number of rotatable bonds is 4. The quantitative estimate of drug-likeness (QED) is 0.550. The summed E-state index contributed by atoms with van der Waals surface area (Å²) < 4.78 is 5.33. The lowest BCUT2D eigenvalue weighted by Gasteiger charge is -2.36. The molecule has 1 amide bonds. The van der Waals surface area contributed by atoms with Crippen molar-refractivity contribution in [1.82, 2.24) is 5.32 Å². The molecule has 0 saturated carbocycles. The standard InChI is InChI=1S/C10H19NO4/c1-3-4-5-15-9-7(12)6(2)11-10(14)8(9)13/h6-9,12-13H,3-5H2,1-2H3,(H,11,14)/t6-,7+,8-,9+/m0/s1. The summed E-state index contributed by atoms with van der Waals surface area (Å²) in [6, 6.07) is -0.382. The van der Waals surface area contributed by atoms with Crippen LogP contribution in [0.25, 0.3) is 0 Å². The molecule has 3 N–H and O–H groups in total. The third-order valence-corrected chi connectivity index (χ3v) is 2.61. The lowest BCUT2D eigenvalue weighted by atomic mass is 9.96. The Bertz CT molecular complexity index is 221. The van der Waals surface area contributed by atoms with Gasteiger partial charge in [0, 0.05) is 6.61 Å².